The molecule has 0 aromatic carbocycles. The third kappa shape index (κ3) is 8.74. The summed E-state index contributed by atoms with van der Waals surface area (Å²) < 4.78 is 0.579. The molecule has 0 aromatic rings. The minimum Gasteiger partial charge on any atom is -0.370 e. The number of thiocarbonyl (C=S) groups is 1. The molecule has 0 spiro atoms. The molecule has 0 atom stereocenters. The summed E-state index contributed by atoms with van der Waals surface area (Å²) in [7, 11) is 1.98. The zero-order chi connectivity index (χ0) is 10.8. The van der Waals surface area contributed by atoms with Gasteiger partial charge in [-0.05, 0) is 20.0 Å². The van der Waals surface area contributed by atoms with Crippen LogP contribution in [-0.2, 0) is 0 Å². The number of thiol groups is 1. The number of likely N-dealkylation sites (N-methyl/N-ethyl adjacent to an activating group) is 1. The number of rotatable bonds is 8. The Hall–Kier alpha value is 0.160. The largest absolute Gasteiger partial charge is 0.370 e. The highest BCUT2D eigenvalue weighted by atomic mass is 32.1. The summed E-state index contributed by atoms with van der Waals surface area (Å²) in [4.78, 5) is 2.41. The van der Waals surface area contributed by atoms with Crippen LogP contribution in [0.15, 0.2) is 0 Å². The molecule has 0 radical (unpaired) electrons. The molecule has 0 heterocycles. The van der Waals surface area contributed by atoms with Crippen molar-refractivity contribution in [3.05, 3.63) is 0 Å². The molecule has 0 bridgehead atoms. The van der Waals surface area contributed by atoms with Crippen LogP contribution in [0.3, 0.4) is 0 Å². The van der Waals surface area contributed by atoms with Gasteiger partial charge in [0.2, 0.25) is 0 Å². The first-order valence-electron chi connectivity index (χ1n) is 5.04. The van der Waals surface area contributed by atoms with Gasteiger partial charge in [0.15, 0.2) is 0 Å². The van der Waals surface area contributed by atoms with Crippen molar-refractivity contribution in [1.29, 1.82) is 0 Å². The second-order valence-corrected chi connectivity index (χ2v) is 4.34. The number of nitrogens with zero attached hydrogens (tertiary/aromatic N) is 1. The van der Waals surface area contributed by atoms with E-state index in [9.17, 15) is 0 Å². The Morgan fingerprint density at radius 3 is 2.43 bits per heavy atom. The summed E-state index contributed by atoms with van der Waals surface area (Å²) in [6.07, 6.45) is 1.19. The Kier molecular flexibility index (Phi) is 9.82. The van der Waals surface area contributed by atoms with Crippen LogP contribution in [0.5, 0.6) is 0 Å². The highest BCUT2D eigenvalue weighted by Crippen LogP contribution is 1.89. The minimum atomic E-state index is 0.579. The molecule has 5 heteroatoms. The molecule has 3 nitrogen and oxygen atoms in total. The van der Waals surface area contributed by atoms with Gasteiger partial charge in [-0.3, -0.25) is 0 Å². The molecule has 0 aromatic heterocycles. The maximum atomic E-state index is 4.82. The normalized spacial score (nSPS) is 10.6. The lowest BCUT2D eigenvalue weighted by Gasteiger charge is -2.21. The Labute approximate surface area is 98.0 Å². The first-order valence-corrected chi connectivity index (χ1v) is 5.90. The Morgan fingerprint density at radius 2 is 1.93 bits per heavy atom. The summed E-state index contributed by atoms with van der Waals surface area (Å²) in [6, 6.07) is 0. The number of hydrogen-bond acceptors (Lipinski definition) is 3. The van der Waals surface area contributed by atoms with Crippen molar-refractivity contribution in [3.63, 3.8) is 0 Å². The van der Waals surface area contributed by atoms with E-state index in [2.05, 4.69) is 35.1 Å². The molecule has 0 rings (SSSR count). The summed E-state index contributed by atoms with van der Waals surface area (Å²) in [5.74, 6) is 0. The molecular formula is C9H21N3S2. The number of nitrogens with one attached hydrogen (secondary N) is 2. The van der Waals surface area contributed by atoms with Gasteiger partial charge in [-0.2, -0.15) is 0 Å². The van der Waals surface area contributed by atoms with E-state index >= 15 is 0 Å². The second-order valence-electron chi connectivity index (χ2n) is 3.18. The maximum Gasteiger partial charge on any atom is 0.130 e. The fourth-order valence-electron chi connectivity index (χ4n) is 1.24. The molecule has 0 saturated heterocycles. The molecule has 14 heavy (non-hydrogen) atoms. The van der Waals surface area contributed by atoms with Gasteiger partial charge < -0.3 is 15.5 Å². The fourth-order valence-corrected chi connectivity index (χ4v) is 1.46. The van der Waals surface area contributed by atoms with E-state index in [1.807, 2.05) is 7.05 Å². The fraction of sp³-hybridized carbons (Fsp3) is 0.889. The monoisotopic (exact) mass is 235 g/mol. The summed E-state index contributed by atoms with van der Waals surface area (Å²) >= 11 is 8.83. The maximum absolute atomic E-state index is 4.82. The van der Waals surface area contributed by atoms with E-state index in [0.717, 1.165) is 32.7 Å². The first-order chi connectivity index (χ1) is 6.70. The minimum absolute atomic E-state index is 0.579. The summed E-state index contributed by atoms with van der Waals surface area (Å²) in [5, 5.41) is 6.20. The topological polar surface area (TPSA) is 27.3 Å². The SMILES string of the molecule is CCCN(CCNC)CCNC(=S)S. The van der Waals surface area contributed by atoms with Crippen LogP contribution in [0.25, 0.3) is 0 Å². The average molecular weight is 235 g/mol. The van der Waals surface area contributed by atoms with Gasteiger partial charge in [-0.25, -0.2) is 0 Å². The van der Waals surface area contributed by atoms with Crippen molar-refractivity contribution < 1.29 is 0 Å². The van der Waals surface area contributed by atoms with Crippen LogP contribution in [0.1, 0.15) is 13.3 Å². The molecular weight excluding hydrogens is 214 g/mol. The van der Waals surface area contributed by atoms with Gasteiger partial charge in [-0.15, -0.1) is 12.6 Å². The van der Waals surface area contributed by atoms with Crippen LogP contribution >= 0.6 is 24.8 Å². The average Bonchev–Trinajstić information content (AvgIpc) is 2.13. The predicted octanol–water partition coefficient (Wildman–Crippen LogP) is 0.722. The Morgan fingerprint density at radius 1 is 1.29 bits per heavy atom. The van der Waals surface area contributed by atoms with Crippen LogP contribution in [0.2, 0.25) is 0 Å². The van der Waals surface area contributed by atoms with Gasteiger partial charge in [0, 0.05) is 26.2 Å². The molecule has 0 aliphatic carbocycles. The highest BCUT2D eigenvalue weighted by Gasteiger charge is 2.01. The quantitative estimate of drug-likeness (QED) is 0.427. The zero-order valence-corrected chi connectivity index (χ0v) is 10.8. The van der Waals surface area contributed by atoms with Crippen LogP contribution in [-0.4, -0.2) is 49.0 Å². The lowest BCUT2D eigenvalue weighted by molar-refractivity contribution is 0.280. The van der Waals surface area contributed by atoms with Crippen LogP contribution in [0.4, 0.5) is 0 Å². The lowest BCUT2D eigenvalue weighted by Crippen LogP contribution is -2.37. The molecule has 0 fully saturated rings. The Bertz CT molecular complexity index is 153. The third-order valence-electron chi connectivity index (χ3n) is 1.92. The van der Waals surface area contributed by atoms with Crippen molar-refractivity contribution in [2.45, 2.75) is 13.3 Å². The molecule has 84 valence electrons. The highest BCUT2D eigenvalue weighted by molar-refractivity contribution is 8.11. The zero-order valence-electron chi connectivity index (χ0n) is 9.05. The lowest BCUT2D eigenvalue weighted by atomic mass is 10.4. The van der Waals surface area contributed by atoms with E-state index in [-0.39, 0.29) is 0 Å². The smallest absolute Gasteiger partial charge is 0.130 e. The van der Waals surface area contributed by atoms with Crippen molar-refractivity contribution >= 4 is 29.2 Å². The molecule has 0 saturated carbocycles. The molecule has 0 aliphatic rings. The molecule has 0 unspecified atom stereocenters. The van der Waals surface area contributed by atoms with Crippen molar-refractivity contribution in [1.82, 2.24) is 15.5 Å². The summed E-state index contributed by atoms with van der Waals surface area (Å²) in [5.41, 5.74) is 0. The van der Waals surface area contributed by atoms with E-state index < -0.39 is 0 Å². The van der Waals surface area contributed by atoms with Crippen molar-refractivity contribution in [3.8, 4) is 0 Å². The van der Waals surface area contributed by atoms with Gasteiger partial charge >= 0.3 is 0 Å². The second kappa shape index (κ2) is 9.71. The van der Waals surface area contributed by atoms with E-state index in [0.29, 0.717) is 4.32 Å². The van der Waals surface area contributed by atoms with Gasteiger partial charge in [-0.1, -0.05) is 19.1 Å². The third-order valence-corrected chi connectivity index (χ3v) is 2.22. The van der Waals surface area contributed by atoms with Gasteiger partial charge in [0.1, 0.15) is 4.32 Å². The van der Waals surface area contributed by atoms with Gasteiger partial charge in [0.25, 0.3) is 0 Å². The van der Waals surface area contributed by atoms with E-state index in [1.54, 1.807) is 0 Å². The molecule has 0 aliphatic heterocycles. The predicted molar refractivity (Wildman–Crippen MR) is 70.2 cm³/mol. The number of hydrogen-bond donors (Lipinski definition) is 3. The van der Waals surface area contributed by atoms with E-state index in [1.165, 1.54) is 6.42 Å². The molecule has 2 N–H and O–H groups in total. The van der Waals surface area contributed by atoms with E-state index in [4.69, 9.17) is 12.2 Å². The standard InChI is InChI=1S/C9H21N3S2/c1-3-6-12(7-4-10-2)8-5-11-9(13)14/h10H,3-8H2,1-2H3,(H2,11,13,14). The van der Waals surface area contributed by atoms with Gasteiger partial charge in [0.05, 0.1) is 0 Å². The van der Waals surface area contributed by atoms with Crippen LogP contribution < -0.4 is 10.6 Å². The molecule has 0 amide bonds. The van der Waals surface area contributed by atoms with Crippen molar-refractivity contribution in [2.75, 3.05) is 39.8 Å². The summed E-state index contributed by atoms with van der Waals surface area (Å²) in [6.45, 7) is 7.37. The van der Waals surface area contributed by atoms with Crippen LogP contribution in [0, 0.1) is 0 Å². The van der Waals surface area contributed by atoms with Crippen molar-refractivity contribution in [2.24, 2.45) is 0 Å². The first kappa shape index (κ1) is 14.2. The Balaban J connectivity index is 3.55.